The lowest BCUT2D eigenvalue weighted by molar-refractivity contribution is 0.669. The van der Waals surface area contributed by atoms with Crippen LogP contribution in [0.15, 0.2) is 199 Å². The number of hydrogen-bond acceptors (Lipinski definition) is 2. The summed E-state index contributed by atoms with van der Waals surface area (Å²) in [5, 5.41) is 4.76. The van der Waals surface area contributed by atoms with Crippen LogP contribution < -0.4 is 4.90 Å². The van der Waals surface area contributed by atoms with Crippen molar-refractivity contribution in [1.29, 1.82) is 0 Å². The molecule has 0 radical (unpaired) electrons. The molecule has 3 heteroatoms. The number of nitrogens with zero attached hydrogens (tertiary/aromatic N) is 2. The highest BCUT2D eigenvalue weighted by molar-refractivity contribution is 6.09. The van der Waals surface area contributed by atoms with Gasteiger partial charge in [0.1, 0.15) is 11.2 Å². The molecule has 3 nitrogen and oxygen atoms in total. The minimum Gasteiger partial charge on any atom is -0.456 e. The van der Waals surface area contributed by atoms with E-state index in [1.165, 1.54) is 27.4 Å². The molecule has 10 rings (SSSR count). The van der Waals surface area contributed by atoms with Gasteiger partial charge in [-0.2, -0.15) is 0 Å². The molecular weight excluding hydrogens is 621 g/mol. The van der Waals surface area contributed by atoms with E-state index in [1.54, 1.807) is 0 Å². The average molecular weight is 653 g/mol. The number of rotatable bonds is 6. The Kier molecular flexibility index (Phi) is 6.81. The molecule has 0 aliphatic rings. The maximum Gasteiger partial charge on any atom is 0.137 e. The first kappa shape index (κ1) is 29.1. The van der Waals surface area contributed by atoms with E-state index >= 15 is 0 Å². The van der Waals surface area contributed by atoms with Crippen molar-refractivity contribution in [2.45, 2.75) is 0 Å². The molecule has 8 aromatic carbocycles. The summed E-state index contributed by atoms with van der Waals surface area (Å²) in [6.45, 7) is 0. The molecule has 0 amide bonds. The van der Waals surface area contributed by atoms with Crippen LogP contribution in [0.5, 0.6) is 0 Å². The Morgan fingerprint density at radius 1 is 0.333 bits per heavy atom. The SMILES string of the molecule is c1ccc(-c2cccc(N(c3cccc(-c4cccc(-n5c6ccccc6c6ccccc65)c4)c3)c3ccc4c(c3)oc3ccccc34)c2)cc1. The first-order valence-electron chi connectivity index (χ1n) is 17.3. The quantitative estimate of drug-likeness (QED) is 0.178. The third-order valence-electron chi connectivity index (χ3n) is 9.95. The maximum atomic E-state index is 6.38. The second kappa shape index (κ2) is 11.9. The minimum absolute atomic E-state index is 0.868. The number of furan rings is 1. The van der Waals surface area contributed by atoms with Gasteiger partial charge < -0.3 is 13.9 Å². The topological polar surface area (TPSA) is 21.3 Å². The van der Waals surface area contributed by atoms with Crippen LogP contribution in [0.3, 0.4) is 0 Å². The zero-order valence-corrected chi connectivity index (χ0v) is 27.8. The Balaban J connectivity index is 1.12. The highest BCUT2D eigenvalue weighted by atomic mass is 16.3. The van der Waals surface area contributed by atoms with E-state index in [0.717, 1.165) is 61.4 Å². The molecular formula is C48H32N2O. The van der Waals surface area contributed by atoms with Gasteiger partial charge in [0.05, 0.1) is 11.0 Å². The lowest BCUT2D eigenvalue weighted by Gasteiger charge is -2.26. The number of para-hydroxylation sites is 3. The third kappa shape index (κ3) is 4.98. The van der Waals surface area contributed by atoms with Crippen molar-refractivity contribution in [3.8, 4) is 27.9 Å². The largest absolute Gasteiger partial charge is 0.456 e. The first-order chi connectivity index (χ1) is 25.3. The predicted octanol–water partition coefficient (Wildman–Crippen LogP) is 13.5. The lowest BCUT2D eigenvalue weighted by atomic mass is 10.0. The van der Waals surface area contributed by atoms with Gasteiger partial charge in [-0.1, -0.05) is 121 Å². The smallest absolute Gasteiger partial charge is 0.137 e. The van der Waals surface area contributed by atoms with Crippen LogP contribution in [0, 0.1) is 0 Å². The molecule has 0 bridgehead atoms. The van der Waals surface area contributed by atoms with Crippen molar-refractivity contribution in [1.82, 2.24) is 4.57 Å². The van der Waals surface area contributed by atoms with Crippen molar-refractivity contribution in [2.75, 3.05) is 4.90 Å². The first-order valence-corrected chi connectivity index (χ1v) is 17.3. The van der Waals surface area contributed by atoms with Crippen molar-refractivity contribution in [3.63, 3.8) is 0 Å². The van der Waals surface area contributed by atoms with Crippen molar-refractivity contribution in [2.24, 2.45) is 0 Å². The number of hydrogen-bond donors (Lipinski definition) is 0. The van der Waals surface area contributed by atoms with Crippen LogP contribution in [0.2, 0.25) is 0 Å². The zero-order valence-electron chi connectivity index (χ0n) is 27.8. The fraction of sp³-hybridized carbons (Fsp3) is 0. The lowest BCUT2D eigenvalue weighted by Crippen LogP contribution is -2.10. The van der Waals surface area contributed by atoms with Crippen LogP contribution in [0.4, 0.5) is 17.1 Å². The Bertz CT molecular complexity index is 2830. The van der Waals surface area contributed by atoms with Gasteiger partial charge in [0.15, 0.2) is 0 Å². The number of anilines is 3. The highest BCUT2D eigenvalue weighted by Gasteiger charge is 2.18. The summed E-state index contributed by atoms with van der Waals surface area (Å²) in [6, 6.07) is 69.2. The summed E-state index contributed by atoms with van der Waals surface area (Å²) in [6.07, 6.45) is 0. The second-order valence-corrected chi connectivity index (χ2v) is 13.0. The maximum absolute atomic E-state index is 6.38. The fourth-order valence-electron chi connectivity index (χ4n) is 7.61. The summed E-state index contributed by atoms with van der Waals surface area (Å²) in [4.78, 5) is 2.33. The molecule has 2 aromatic heterocycles. The molecule has 10 aromatic rings. The number of benzene rings is 8. The molecule has 0 atom stereocenters. The van der Waals surface area contributed by atoms with Crippen LogP contribution in [-0.4, -0.2) is 4.57 Å². The van der Waals surface area contributed by atoms with Crippen molar-refractivity contribution >= 4 is 60.8 Å². The normalized spacial score (nSPS) is 11.5. The Labute approximate surface area is 295 Å². The van der Waals surface area contributed by atoms with Gasteiger partial charge in [-0.15, -0.1) is 0 Å². The van der Waals surface area contributed by atoms with Crippen molar-refractivity contribution < 1.29 is 4.42 Å². The van der Waals surface area contributed by atoms with E-state index in [1.807, 2.05) is 12.1 Å². The highest BCUT2D eigenvalue weighted by Crippen LogP contribution is 2.41. The average Bonchev–Trinajstić information content (AvgIpc) is 3.74. The molecule has 0 fully saturated rings. The van der Waals surface area contributed by atoms with Crippen LogP contribution >= 0.6 is 0 Å². The molecule has 51 heavy (non-hydrogen) atoms. The summed E-state index contributed by atoms with van der Waals surface area (Å²) < 4.78 is 8.76. The predicted molar refractivity (Wildman–Crippen MR) is 214 cm³/mol. The molecule has 240 valence electrons. The Morgan fingerprint density at radius 2 is 0.843 bits per heavy atom. The standard InChI is InChI=1S/C48H32N2O/c1-2-13-33(14-3-1)34-15-10-18-37(29-34)49(40-27-28-44-43-23-6-9-26-47(43)51-48(44)32-40)38-19-11-16-35(30-38)36-17-12-20-39(31-36)50-45-24-7-4-21-41(45)42-22-5-8-25-46(42)50/h1-32H. The molecule has 0 spiro atoms. The van der Waals surface area contributed by atoms with Gasteiger partial charge in [-0.05, 0) is 89.0 Å². The third-order valence-corrected chi connectivity index (χ3v) is 9.95. The second-order valence-electron chi connectivity index (χ2n) is 13.0. The van der Waals surface area contributed by atoms with E-state index in [4.69, 9.17) is 4.42 Å². The van der Waals surface area contributed by atoms with Gasteiger partial charge in [0, 0.05) is 50.4 Å². The molecule has 0 aliphatic carbocycles. The minimum atomic E-state index is 0.868. The van der Waals surface area contributed by atoms with Gasteiger partial charge in [0.2, 0.25) is 0 Å². The summed E-state index contributed by atoms with van der Waals surface area (Å²) >= 11 is 0. The molecule has 0 N–H and O–H groups in total. The van der Waals surface area contributed by atoms with Crippen molar-refractivity contribution in [3.05, 3.63) is 194 Å². The number of fused-ring (bicyclic) bond motifs is 6. The molecule has 0 saturated heterocycles. The van der Waals surface area contributed by atoms with E-state index in [9.17, 15) is 0 Å². The molecule has 0 aliphatic heterocycles. The summed E-state index contributed by atoms with van der Waals surface area (Å²) in [5.74, 6) is 0. The van der Waals surface area contributed by atoms with E-state index in [2.05, 4.69) is 191 Å². The van der Waals surface area contributed by atoms with E-state index < -0.39 is 0 Å². The van der Waals surface area contributed by atoms with E-state index in [-0.39, 0.29) is 0 Å². The van der Waals surface area contributed by atoms with Gasteiger partial charge >= 0.3 is 0 Å². The van der Waals surface area contributed by atoms with Crippen LogP contribution in [0.1, 0.15) is 0 Å². The fourth-order valence-corrected chi connectivity index (χ4v) is 7.61. The van der Waals surface area contributed by atoms with Gasteiger partial charge in [0.25, 0.3) is 0 Å². The molecule has 0 unspecified atom stereocenters. The number of aromatic nitrogens is 1. The summed E-state index contributed by atoms with van der Waals surface area (Å²) in [7, 11) is 0. The molecule has 2 heterocycles. The zero-order chi connectivity index (χ0) is 33.7. The van der Waals surface area contributed by atoms with E-state index in [0.29, 0.717) is 0 Å². The summed E-state index contributed by atoms with van der Waals surface area (Å²) in [5.41, 5.74) is 13.1. The van der Waals surface area contributed by atoms with Gasteiger partial charge in [-0.25, -0.2) is 0 Å². The Morgan fingerprint density at radius 3 is 1.55 bits per heavy atom. The molecule has 0 saturated carbocycles. The van der Waals surface area contributed by atoms with Crippen LogP contribution in [0.25, 0.3) is 71.7 Å². The Hall–Kier alpha value is -6.84. The van der Waals surface area contributed by atoms with Gasteiger partial charge in [-0.3, -0.25) is 0 Å². The van der Waals surface area contributed by atoms with Crippen LogP contribution in [-0.2, 0) is 0 Å². The monoisotopic (exact) mass is 652 g/mol.